The van der Waals surface area contributed by atoms with E-state index < -0.39 is 17.6 Å². The van der Waals surface area contributed by atoms with Gasteiger partial charge in [-0.25, -0.2) is 4.39 Å². The lowest BCUT2D eigenvalue weighted by atomic mass is 10.1. The number of hydrogen-bond acceptors (Lipinski definition) is 4. The molecule has 0 saturated heterocycles. The maximum atomic E-state index is 13.8. The molecule has 24 heavy (non-hydrogen) atoms. The van der Waals surface area contributed by atoms with Crippen LogP contribution in [0.4, 0.5) is 4.39 Å². The highest BCUT2D eigenvalue weighted by Crippen LogP contribution is 2.27. The van der Waals surface area contributed by atoms with Gasteiger partial charge in [-0.2, -0.15) is 0 Å². The van der Waals surface area contributed by atoms with Crippen molar-refractivity contribution < 1.29 is 18.5 Å². The van der Waals surface area contributed by atoms with Crippen LogP contribution < -0.4 is 5.73 Å². The highest BCUT2D eigenvalue weighted by Gasteiger charge is 2.30. The van der Waals surface area contributed by atoms with Crippen molar-refractivity contribution in [2.24, 2.45) is 5.73 Å². The van der Waals surface area contributed by atoms with Crippen molar-refractivity contribution >= 4 is 11.8 Å². The van der Waals surface area contributed by atoms with Gasteiger partial charge in [0.1, 0.15) is 5.82 Å². The maximum absolute atomic E-state index is 13.8. The minimum absolute atomic E-state index is 0.0291. The van der Waals surface area contributed by atoms with Gasteiger partial charge in [0.2, 0.25) is 5.91 Å². The number of carbonyl (C=O) groups is 2. The van der Waals surface area contributed by atoms with Crippen molar-refractivity contribution in [2.45, 2.75) is 31.7 Å². The fourth-order valence-corrected chi connectivity index (χ4v) is 3.06. The summed E-state index contributed by atoms with van der Waals surface area (Å²) in [5, 5.41) is 3.75. The van der Waals surface area contributed by atoms with E-state index in [-0.39, 0.29) is 29.6 Å². The third kappa shape index (κ3) is 3.29. The summed E-state index contributed by atoms with van der Waals surface area (Å²) in [5.41, 5.74) is 5.54. The average molecular weight is 331 g/mol. The summed E-state index contributed by atoms with van der Waals surface area (Å²) in [4.78, 5) is 25.5. The van der Waals surface area contributed by atoms with Gasteiger partial charge >= 0.3 is 0 Å². The molecule has 6 nitrogen and oxygen atoms in total. The summed E-state index contributed by atoms with van der Waals surface area (Å²) in [5.74, 6) is -1.29. The van der Waals surface area contributed by atoms with Crippen molar-refractivity contribution in [2.75, 3.05) is 6.54 Å². The van der Waals surface area contributed by atoms with E-state index in [1.807, 2.05) is 0 Å². The van der Waals surface area contributed by atoms with Gasteiger partial charge in [-0.1, -0.05) is 30.1 Å². The van der Waals surface area contributed by atoms with Crippen molar-refractivity contribution in [3.05, 3.63) is 41.8 Å². The van der Waals surface area contributed by atoms with Crippen LogP contribution in [0.25, 0.3) is 11.3 Å². The Morgan fingerprint density at radius 1 is 1.29 bits per heavy atom. The second-order valence-electron chi connectivity index (χ2n) is 5.89. The predicted octanol–water partition coefficient (Wildman–Crippen LogP) is 2.35. The largest absolute Gasteiger partial charge is 0.368 e. The Bertz CT molecular complexity index is 753. The number of benzene rings is 1. The standard InChI is InChI=1S/C17H18FN3O3/c18-13-8-4-3-7-12(13)15-9-14(20-24-15)17(23)21(10-16(19)22)11-5-1-2-6-11/h3-4,7-9,11H,1-2,5-6,10H2,(H2,19,22). The number of hydrogen-bond donors (Lipinski definition) is 1. The molecule has 0 aliphatic heterocycles. The quantitative estimate of drug-likeness (QED) is 0.910. The maximum Gasteiger partial charge on any atom is 0.276 e. The number of carbonyl (C=O) groups excluding carboxylic acids is 2. The van der Waals surface area contributed by atoms with Gasteiger partial charge in [-0.05, 0) is 25.0 Å². The molecule has 0 atom stereocenters. The zero-order valence-corrected chi connectivity index (χ0v) is 13.1. The van der Waals surface area contributed by atoms with Gasteiger partial charge < -0.3 is 15.2 Å². The first-order valence-corrected chi connectivity index (χ1v) is 7.87. The van der Waals surface area contributed by atoms with Crippen molar-refractivity contribution in [1.82, 2.24) is 10.1 Å². The monoisotopic (exact) mass is 331 g/mol. The Balaban J connectivity index is 1.85. The fraction of sp³-hybridized carbons (Fsp3) is 0.353. The highest BCUT2D eigenvalue weighted by atomic mass is 19.1. The van der Waals surface area contributed by atoms with Crippen LogP contribution in [0.5, 0.6) is 0 Å². The average Bonchev–Trinajstić information content (AvgIpc) is 3.24. The molecule has 0 bridgehead atoms. The first kappa shape index (κ1) is 16.2. The van der Waals surface area contributed by atoms with Crippen molar-refractivity contribution in [1.29, 1.82) is 0 Å². The molecule has 7 heteroatoms. The number of nitrogens with two attached hydrogens (primary N) is 1. The Morgan fingerprint density at radius 2 is 2.00 bits per heavy atom. The molecule has 3 rings (SSSR count). The van der Waals surface area contributed by atoms with Crippen LogP contribution >= 0.6 is 0 Å². The Labute approximate surface area is 138 Å². The molecule has 1 aromatic carbocycles. The van der Waals surface area contributed by atoms with E-state index in [1.54, 1.807) is 18.2 Å². The smallest absolute Gasteiger partial charge is 0.276 e. The number of primary amides is 1. The molecule has 2 amide bonds. The highest BCUT2D eigenvalue weighted by molar-refractivity contribution is 5.95. The zero-order valence-electron chi connectivity index (χ0n) is 13.1. The Hall–Kier alpha value is -2.70. The van der Waals surface area contributed by atoms with E-state index in [0.29, 0.717) is 0 Å². The number of nitrogens with zero attached hydrogens (tertiary/aromatic N) is 2. The summed E-state index contributed by atoms with van der Waals surface area (Å²) in [6, 6.07) is 7.44. The number of amides is 2. The van der Waals surface area contributed by atoms with Crippen LogP contribution in [0.15, 0.2) is 34.9 Å². The predicted molar refractivity (Wildman–Crippen MR) is 84.4 cm³/mol. The molecule has 0 radical (unpaired) electrons. The summed E-state index contributed by atoms with van der Waals surface area (Å²) >= 11 is 0. The molecule has 1 aliphatic carbocycles. The molecule has 1 heterocycles. The molecule has 1 aromatic heterocycles. The van der Waals surface area contributed by atoms with Crippen molar-refractivity contribution in [3.63, 3.8) is 0 Å². The molecular formula is C17H18FN3O3. The molecule has 0 spiro atoms. The third-order valence-corrected chi connectivity index (χ3v) is 4.22. The number of aromatic nitrogens is 1. The molecule has 2 aromatic rings. The summed E-state index contributed by atoms with van der Waals surface area (Å²) < 4.78 is 18.9. The molecule has 1 saturated carbocycles. The van der Waals surface area contributed by atoms with Gasteiger partial charge in [-0.15, -0.1) is 0 Å². The van der Waals surface area contributed by atoms with Crippen LogP contribution in [0.3, 0.4) is 0 Å². The van der Waals surface area contributed by atoms with E-state index >= 15 is 0 Å². The SMILES string of the molecule is NC(=O)CN(C(=O)c1cc(-c2ccccc2F)on1)C1CCCC1. The minimum Gasteiger partial charge on any atom is -0.368 e. The first-order valence-electron chi connectivity index (χ1n) is 7.87. The summed E-state index contributed by atoms with van der Waals surface area (Å²) in [6.07, 6.45) is 3.67. The normalized spacial score (nSPS) is 14.7. The van der Waals surface area contributed by atoms with E-state index in [9.17, 15) is 14.0 Å². The van der Waals surface area contributed by atoms with Gasteiger partial charge in [-0.3, -0.25) is 9.59 Å². The zero-order chi connectivity index (χ0) is 17.1. The van der Waals surface area contributed by atoms with E-state index in [0.717, 1.165) is 25.7 Å². The first-order chi connectivity index (χ1) is 11.6. The minimum atomic E-state index is -0.576. The van der Waals surface area contributed by atoms with Crippen LogP contribution in [0.2, 0.25) is 0 Å². The molecule has 126 valence electrons. The molecular weight excluding hydrogens is 313 g/mol. The molecule has 1 aliphatic rings. The van der Waals surface area contributed by atoms with Crippen molar-refractivity contribution in [3.8, 4) is 11.3 Å². The van der Waals surface area contributed by atoms with Crippen LogP contribution in [0.1, 0.15) is 36.2 Å². The number of halogens is 1. The Kier molecular flexibility index (Phi) is 4.59. The second kappa shape index (κ2) is 6.82. The van der Waals surface area contributed by atoms with Gasteiger partial charge in [0.25, 0.3) is 5.91 Å². The lowest BCUT2D eigenvalue weighted by Gasteiger charge is -2.26. The van der Waals surface area contributed by atoms with Gasteiger partial charge in [0.05, 0.1) is 12.1 Å². The van der Waals surface area contributed by atoms with E-state index in [1.165, 1.54) is 17.0 Å². The second-order valence-corrected chi connectivity index (χ2v) is 5.89. The Morgan fingerprint density at radius 3 is 2.67 bits per heavy atom. The topological polar surface area (TPSA) is 89.4 Å². The van der Waals surface area contributed by atoms with E-state index in [4.69, 9.17) is 10.3 Å². The number of rotatable bonds is 5. The van der Waals surface area contributed by atoms with Gasteiger partial charge in [0, 0.05) is 12.1 Å². The molecule has 1 fully saturated rings. The summed E-state index contributed by atoms with van der Waals surface area (Å²) in [7, 11) is 0. The van der Waals surface area contributed by atoms with Gasteiger partial charge in [0.15, 0.2) is 11.5 Å². The van der Waals surface area contributed by atoms with Crippen LogP contribution in [-0.4, -0.2) is 34.5 Å². The third-order valence-electron chi connectivity index (χ3n) is 4.22. The summed E-state index contributed by atoms with van der Waals surface area (Å²) in [6.45, 7) is -0.161. The molecule has 2 N–H and O–H groups in total. The lowest BCUT2D eigenvalue weighted by molar-refractivity contribution is -0.119. The van der Waals surface area contributed by atoms with E-state index in [2.05, 4.69) is 5.16 Å². The fourth-order valence-electron chi connectivity index (χ4n) is 3.06. The molecule has 0 unspecified atom stereocenters. The van der Waals surface area contributed by atoms with Crippen LogP contribution in [0, 0.1) is 5.82 Å². The lowest BCUT2D eigenvalue weighted by Crippen LogP contribution is -2.44. The van der Waals surface area contributed by atoms with Crippen LogP contribution in [-0.2, 0) is 4.79 Å².